The molecule has 0 bridgehead atoms. The van der Waals surface area contributed by atoms with Crippen molar-refractivity contribution in [2.45, 2.75) is 39.3 Å². The van der Waals surface area contributed by atoms with Gasteiger partial charge in [0.2, 0.25) is 5.76 Å². The fraction of sp³-hybridized carbons (Fsp3) is 0.643. The third-order valence-electron chi connectivity index (χ3n) is 4.05. The molecular weight excluding hydrogens is 230 g/mol. The van der Waals surface area contributed by atoms with E-state index in [0.29, 0.717) is 18.5 Å². The van der Waals surface area contributed by atoms with Crippen molar-refractivity contribution in [1.82, 2.24) is 5.32 Å². The van der Waals surface area contributed by atoms with Crippen LogP contribution in [0, 0.1) is 11.8 Å². The Kier molecular flexibility index (Phi) is 4.07. The van der Waals surface area contributed by atoms with Crippen molar-refractivity contribution in [2.75, 3.05) is 7.11 Å². The van der Waals surface area contributed by atoms with Crippen molar-refractivity contribution in [3.8, 4) is 0 Å². The molecule has 1 aromatic rings. The van der Waals surface area contributed by atoms with Gasteiger partial charge in [0, 0.05) is 6.04 Å². The Morgan fingerprint density at radius 2 is 2.22 bits per heavy atom. The molecular formula is C14H21NO3. The quantitative estimate of drug-likeness (QED) is 0.836. The van der Waals surface area contributed by atoms with Gasteiger partial charge in [-0.2, -0.15) is 0 Å². The zero-order valence-corrected chi connectivity index (χ0v) is 11.2. The zero-order valence-electron chi connectivity index (χ0n) is 11.2. The molecule has 1 saturated carbocycles. The van der Waals surface area contributed by atoms with Gasteiger partial charge in [-0.15, -0.1) is 0 Å². The molecule has 0 radical (unpaired) electrons. The molecule has 2 rings (SSSR count). The highest BCUT2D eigenvalue weighted by Gasteiger charge is 2.29. The van der Waals surface area contributed by atoms with E-state index in [1.54, 1.807) is 6.07 Å². The Morgan fingerprint density at radius 3 is 2.83 bits per heavy atom. The largest absolute Gasteiger partial charge is 0.463 e. The zero-order chi connectivity index (χ0) is 13.1. The van der Waals surface area contributed by atoms with Crippen LogP contribution in [0.1, 0.15) is 43.0 Å². The second-order valence-electron chi connectivity index (χ2n) is 5.16. The van der Waals surface area contributed by atoms with Crippen LogP contribution in [0.5, 0.6) is 0 Å². The van der Waals surface area contributed by atoms with Crippen LogP contribution in [0.4, 0.5) is 0 Å². The van der Waals surface area contributed by atoms with E-state index in [2.05, 4.69) is 23.9 Å². The minimum absolute atomic E-state index is 0.266. The lowest BCUT2D eigenvalue weighted by molar-refractivity contribution is 0.0562. The highest BCUT2D eigenvalue weighted by atomic mass is 16.5. The smallest absolute Gasteiger partial charge is 0.373 e. The molecule has 18 heavy (non-hydrogen) atoms. The van der Waals surface area contributed by atoms with E-state index in [1.165, 1.54) is 20.0 Å². The number of carbonyl (C=O) groups is 1. The van der Waals surface area contributed by atoms with E-state index >= 15 is 0 Å². The topological polar surface area (TPSA) is 51.5 Å². The molecule has 0 aliphatic heterocycles. The Hall–Kier alpha value is -1.29. The standard InChI is InChI=1S/C14H21NO3/c1-9-4-6-12(10(9)2)15-8-11-5-7-13(18-11)14(16)17-3/h5,7,9-10,12,15H,4,6,8H2,1-3H3. The summed E-state index contributed by atoms with van der Waals surface area (Å²) in [5, 5.41) is 3.50. The maximum atomic E-state index is 11.2. The molecule has 0 aromatic carbocycles. The summed E-state index contributed by atoms with van der Waals surface area (Å²) in [7, 11) is 1.35. The van der Waals surface area contributed by atoms with Crippen LogP contribution in [0.2, 0.25) is 0 Å². The first-order valence-corrected chi connectivity index (χ1v) is 6.52. The van der Waals surface area contributed by atoms with Crippen molar-refractivity contribution in [1.29, 1.82) is 0 Å². The van der Waals surface area contributed by atoms with Gasteiger partial charge in [-0.3, -0.25) is 0 Å². The summed E-state index contributed by atoms with van der Waals surface area (Å²) in [4.78, 5) is 11.2. The summed E-state index contributed by atoms with van der Waals surface area (Å²) in [5.74, 6) is 2.10. The van der Waals surface area contributed by atoms with Gasteiger partial charge < -0.3 is 14.5 Å². The maximum absolute atomic E-state index is 11.2. The van der Waals surface area contributed by atoms with E-state index in [4.69, 9.17) is 4.42 Å². The number of esters is 1. The molecule has 3 unspecified atom stereocenters. The first-order valence-electron chi connectivity index (χ1n) is 6.52. The summed E-state index contributed by atoms with van der Waals surface area (Å²) >= 11 is 0. The van der Waals surface area contributed by atoms with E-state index in [9.17, 15) is 4.79 Å². The van der Waals surface area contributed by atoms with Crippen molar-refractivity contribution in [2.24, 2.45) is 11.8 Å². The monoisotopic (exact) mass is 251 g/mol. The number of rotatable bonds is 4. The number of methoxy groups -OCH3 is 1. The second kappa shape index (κ2) is 5.57. The van der Waals surface area contributed by atoms with Gasteiger partial charge in [-0.05, 0) is 36.8 Å². The average Bonchev–Trinajstić information content (AvgIpc) is 2.96. The summed E-state index contributed by atoms with van der Waals surface area (Å²) in [6.07, 6.45) is 2.50. The number of carbonyl (C=O) groups excluding carboxylic acids is 1. The predicted octanol–water partition coefficient (Wildman–Crippen LogP) is 2.59. The molecule has 1 N–H and O–H groups in total. The van der Waals surface area contributed by atoms with Crippen LogP contribution in [-0.2, 0) is 11.3 Å². The van der Waals surface area contributed by atoms with Gasteiger partial charge in [-0.1, -0.05) is 13.8 Å². The number of hydrogen-bond acceptors (Lipinski definition) is 4. The third kappa shape index (κ3) is 2.75. The first-order chi connectivity index (χ1) is 8.61. The highest BCUT2D eigenvalue weighted by molar-refractivity contribution is 5.86. The minimum Gasteiger partial charge on any atom is -0.463 e. The first kappa shape index (κ1) is 13.1. The third-order valence-corrected chi connectivity index (χ3v) is 4.05. The normalized spacial score (nSPS) is 27.4. The molecule has 1 aromatic heterocycles. The molecule has 0 spiro atoms. The van der Waals surface area contributed by atoms with Gasteiger partial charge in [0.15, 0.2) is 0 Å². The fourth-order valence-electron chi connectivity index (χ4n) is 2.57. The van der Waals surface area contributed by atoms with Crippen molar-refractivity contribution in [3.63, 3.8) is 0 Å². The van der Waals surface area contributed by atoms with Crippen molar-refractivity contribution >= 4 is 5.97 Å². The van der Waals surface area contributed by atoms with Gasteiger partial charge in [0.1, 0.15) is 5.76 Å². The molecule has 1 aliphatic rings. The van der Waals surface area contributed by atoms with E-state index < -0.39 is 5.97 Å². The van der Waals surface area contributed by atoms with Crippen LogP contribution in [0.25, 0.3) is 0 Å². The Labute approximate surface area is 108 Å². The SMILES string of the molecule is COC(=O)c1ccc(CNC2CCC(C)C2C)o1. The van der Waals surface area contributed by atoms with E-state index in [1.807, 2.05) is 6.07 Å². The molecule has 4 heteroatoms. The van der Waals surface area contributed by atoms with E-state index in [-0.39, 0.29) is 5.76 Å². The lowest BCUT2D eigenvalue weighted by Crippen LogP contribution is -2.31. The Bertz CT molecular complexity index is 413. The maximum Gasteiger partial charge on any atom is 0.373 e. The molecule has 1 heterocycles. The van der Waals surface area contributed by atoms with Gasteiger partial charge >= 0.3 is 5.97 Å². The van der Waals surface area contributed by atoms with Crippen LogP contribution in [-0.4, -0.2) is 19.1 Å². The molecule has 4 nitrogen and oxygen atoms in total. The second-order valence-corrected chi connectivity index (χ2v) is 5.16. The Balaban J connectivity index is 1.87. The fourth-order valence-corrected chi connectivity index (χ4v) is 2.57. The van der Waals surface area contributed by atoms with E-state index in [0.717, 1.165) is 11.7 Å². The minimum atomic E-state index is -0.427. The summed E-state index contributed by atoms with van der Waals surface area (Å²) in [6, 6.07) is 4.03. The van der Waals surface area contributed by atoms with Gasteiger partial charge in [0.05, 0.1) is 13.7 Å². The molecule has 1 aliphatic carbocycles. The van der Waals surface area contributed by atoms with Crippen molar-refractivity contribution < 1.29 is 13.9 Å². The van der Waals surface area contributed by atoms with Crippen molar-refractivity contribution in [3.05, 3.63) is 23.7 Å². The predicted molar refractivity (Wildman–Crippen MR) is 68.2 cm³/mol. The van der Waals surface area contributed by atoms with Crippen LogP contribution >= 0.6 is 0 Å². The number of nitrogens with one attached hydrogen (secondary N) is 1. The number of ether oxygens (including phenoxy) is 1. The lowest BCUT2D eigenvalue weighted by atomic mass is 9.98. The number of furan rings is 1. The van der Waals surface area contributed by atoms with Gasteiger partial charge in [0.25, 0.3) is 0 Å². The highest BCUT2D eigenvalue weighted by Crippen LogP contribution is 2.31. The molecule has 100 valence electrons. The summed E-state index contributed by atoms with van der Waals surface area (Å²) in [6.45, 7) is 5.25. The van der Waals surface area contributed by atoms with Gasteiger partial charge in [-0.25, -0.2) is 4.79 Å². The van der Waals surface area contributed by atoms with Crippen LogP contribution in [0.3, 0.4) is 0 Å². The summed E-state index contributed by atoms with van der Waals surface area (Å²) < 4.78 is 10.0. The molecule has 0 amide bonds. The lowest BCUT2D eigenvalue weighted by Gasteiger charge is -2.18. The molecule has 1 fully saturated rings. The van der Waals surface area contributed by atoms with Crippen LogP contribution in [0.15, 0.2) is 16.5 Å². The average molecular weight is 251 g/mol. The molecule has 0 saturated heterocycles. The Morgan fingerprint density at radius 1 is 1.44 bits per heavy atom. The van der Waals surface area contributed by atoms with Crippen LogP contribution < -0.4 is 5.32 Å². The molecule has 3 atom stereocenters. The number of hydrogen-bond donors (Lipinski definition) is 1. The summed E-state index contributed by atoms with van der Waals surface area (Å²) in [5.41, 5.74) is 0.